The molecule has 1 heteroatoms. The highest BCUT2D eigenvalue weighted by Crippen LogP contribution is 2.29. The van der Waals surface area contributed by atoms with Gasteiger partial charge in [-0.3, -0.25) is 0 Å². The van der Waals surface area contributed by atoms with Crippen LogP contribution in [-0.2, 0) is 0 Å². The van der Waals surface area contributed by atoms with E-state index in [2.05, 4.69) is 11.9 Å². The van der Waals surface area contributed by atoms with Crippen LogP contribution in [-0.4, -0.2) is 7.05 Å². The first-order valence-corrected chi connectivity index (χ1v) is 2.44. The molecule has 1 N–H and O–H groups in total. The van der Waals surface area contributed by atoms with Gasteiger partial charge in [0.15, 0.2) is 0 Å². The molecule has 1 rings (SSSR count). The second-order valence-electron chi connectivity index (χ2n) is 1.79. The van der Waals surface area contributed by atoms with E-state index in [0.717, 1.165) is 5.92 Å². The summed E-state index contributed by atoms with van der Waals surface area (Å²) < 4.78 is 0. The molecule has 1 aliphatic carbocycles. The fourth-order valence-corrected chi connectivity index (χ4v) is 0.499. The van der Waals surface area contributed by atoms with Gasteiger partial charge in [0.2, 0.25) is 0 Å². The number of nitrogens with one attached hydrogen (secondary N) is 1. The van der Waals surface area contributed by atoms with E-state index < -0.39 is 0 Å². The molecular formula is C5H10N. The molecule has 6 heavy (non-hydrogen) atoms. The Morgan fingerprint density at radius 3 is 2.50 bits per heavy atom. The highest BCUT2D eigenvalue weighted by molar-refractivity contribution is 4.83. The molecule has 0 aliphatic heterocycles. The van der Waals surface area contributed by atoms with Crippen molar-refractivity contribution in [2.75, 3.05) is 7.05 Å². The van der Waals surface area contributed by atoms with Crippen molar-refractivity contribution >= 4 is 0 Å². The fourth-order valence-electron chi connectivity index (χ4n) is 0.499. The van der Waals surface area contributed by atoms with Crippen LogP contribution in [0.25, 0.3) is 0 Å². The van der Waals surface area contributed by atoms with E-state index in [0.29, 0.717) is 0 Å². The molecule has 1 nitrogen and oxygen atoms in total. The van der Waals surface area contributed by atoms with Crippen LogP contribution in [0.5, 0.6) is 0 Å². The molecule has 0 aromatic heterocycles. The van der Waals surface area contributed by atoms with Crippen molar-refractivity contribution in [2.24, 2.45) is 5.92 Å². The van der Waals surface area contributed by atoms with Crippen molar-refractivity contribution in [3.8, 4) is 0 Å². The summed E-state index contributed by atoms with van der Waals surface area (Å²) in [6.07, 6.45) is 2.81. The number of hydrogen-bond acceptors (Lipinski definition) is 1. The zero-order chi connectivity index (χ0) is 4.41. The fraction of sp³-hybridized carbons (Fsp3) is 0.800. The van der Waals surface area contributed by atoms with Crippen molar-refractivity contribution < 1.29 is 0 Å². The lowest BCUT2D eigenvalue weighted by Gasteiger charge is -1.86. The monoisotopic (exact) mass is 84.1 g/mol. The summed E-state index contributed by atoms with van der Waals surface area (Å²) in [5.41, 5.74) is 0. The topological polar surface area (TPSA) is 12.0 Å². The van der Waals surface area contributed by atoms with Gasteiger partial charge in [0, 0.05) is 6.54 Å². The van der Waals surface area contributed by atoms with Gasteiger partial charge < -0.3 is 5.32 Å². The first-order chi connectivity index (χ1) is 2.93. The number of rotatable bonds is 2. The van der Waals surface area contributed by atoms with Crippen LogP contribution < -0.4 is 5.32 Å². The van der Waals surface area contributed by atoms with Crippen LogP contribution in [0.2, 0.25) is 0 Å². The normalized spacial score (nSPS) is 21.5. The molecule has 0 amide bonds. The van der Waals surface area contributed by atoms with Gasteiger partial charge in [-0.1, -0.05) is 0 Å². The Labute approximate surface area is 38.7 Å². The molecule has 0 spiro atoms. The Bertz CT molecular complexity index is 39.2. The SMILES string of the molecule is CN[CH]C1CC1. The molecule has 0 atom stereocenters. The summed E-state index contributed by atoms with van der Waals surface area (Å²) in [5.74, 6) is 0.912. The third kappa shape index (κ3) is 0.977. The van der Waals surface area contributed by atoms with Crippen LogP contribution in [0.4, 0.5) is 0 Å². The minimum absolute atomic E-state index is 0.912. The predicted molar refractivity (Wildman–Crippen MR) is 26.1 cm³/mol. The van der Waals surface area contributed by atoms with Gasteiger partial charge in [0.1, 0.15) is 0 Å². The second kappa shape index (κ2) is 1.61. The van der Waals surface area contributed by atoms with Crippen molar-refractivity contribution in [1.82, 2.24) is 5.32 Å². The van der Waals surface area contributed by atoms with Gasteiger partial charge in [-0.15, -0.1) is 0 Å². The average Bonchev–Trinajstić information content (AvgIpc) is 2.21. The summed E-state index contributed by atoms with van der Waals surface area (Å²) >= 11 is 0. The van der Waals surface area contributed by atoms with Gasteiger partial charge in [-0.05, 0) is 25.8 Å². The molecule has 0 aromatic rings. The Hall–Kier alpha value is -0.0400. The highest BCUT2D eigenvalue weighted by Gasteiger charge is 2.19. The lowest BCUT2D eigenvalue weighted by atomic mass is 10.4. The minimum atomic E-state index is 0.912. The maximum absolute atomic E-state index is 3.00. The summed E-state index contributed by atoms with van der Waals surface area (Å²) in [6.45, 7) is 2.15. The smallest absolute Gasteiger partial charge is 0.0248 e. The van der Waals surface area contributed by atoms with E-state index >= 15 is 0 Å². The Morgan fingerprint density at radius 2 is 2.33 bits per heavy atom. The first kappa shape index (κ1) is 4.13. The van der Waals surface area contributed by atoms with E-state index in [4.69, 9.17) is 0 Å². The van der Waals surface area contributed by atoms with E-state index in [1.807, 2.05) is 7.05 Å². The van der Waals surface area contributed by atoms with Crippen LogP contribution in [0.1, 0.15) is 12.8 Å². The van der Waals surface area contributed by atoms with Crippen molar-refractivity contribution in [3.05, 3.63) is 6.54 Å². The summed E-state index contributed by atoms with van der Waals surface area (Å²) in [7, 11) is 1.96. The van der Waals surface area contributed by atoms with Crippen molar-refractivity contribution in [1.29, 1.82) is 0 Å². The van der Waals surface area contributed by atoms with Crippen LogP contribution in [0.15, 0.2) is 0 Å². The van der Waals surface area contributed by atoms with Gasteiger partial charge in [-0.2, -0.15) is 0 Å². The first-order valence-electron chi connectivity index (χ1n) is 2.44. The molecule has 35 valence electrons. The second-order valence-corrected chi connectivity index (χ2v) is 1.79. The lowest BCUT2D eigenvalue weighted by molar-refractivity contribution is 0.837. The molecule has 0 saturated heterocycles. The third-order valence-corrected chi connectivity index (χ3v) is 1.02. The van der Waals surface area contributed by atoms with E-state index in [-0.39, 0.29) is 0 Å². The molecule has 1 saturated carbocycles. The molecule has 0 heterocycles. The molecule has 1 radical (unpaired) electrons. The van der Waals surface area contributed by atoms with Crippen LogP contribution in [0, 0.1) is 12.5 Å². The van der Waals surface area contributed by atoms with Gasteiger partial charge in [0.05, 0.1) is 0 Å². The van der Waals surface area contributed by atoms with E-state index in [1.165, 1.54) is 12.8 Å². The molecule has 0 unspecified atom stereocenters. The van der Waals surface area contributed by atoms with Crippen molar-refractivity contribution in [3.63, 3.8) is 0 Å². The van der Waals surface area contributed by atoms with Crippen LogP contribution in [0.3, 0.4) is 0 Å². The summed E-state index contributed by atoms with van der Waals surface area (Å²) in [6, 6.07) is 0. The lowest BCUT2D eigenvalue weighted by Crippen LogP contribution is -2.00. The Morgan fingerprint density at radius 1 is 1.67 bits per heavy atom. The maximum Gasteiger partial charge on any atom is 0.0248 e. The predicted octanol–water partition coefficient (Wildman–Crippen LogP) is 0.778. The maximum atomic E-state index is 3.00. The summed E-state index contributed by atoms with van der Waals surface area (Å²) in [4.78, 5) is 0. The molecule has 0 bridgehead atoms. The quantitative estimate of drug-likeness (QED) is 0.521. The Kier molecular flexibility index (Phi) is 1.10. The largest absolute Gasteiger partial charge is 0.315 e. The number of hydrogen-bond donors (Lipinski definition) is 1. The van der Waals surface area contributed by atoms with Crippen LogP contribution >= 0.6 is 0 Å². The molecule has 1 fully saturated rings. The minimum Gasteiger partial charge on any atom is -0.315 e. The van der Waals surface area contributed by atoms with Gasteiger partial charge in [0.25, 0.3) is 0 Å². The zero-order valence-electron chi connectivity index (χ0n) is 4.07. The molecule has 0 aromatic carbocycles. The molecular weight excluding hydrogens is 74.1 g/mol. The zero-order valence-corrected chi connectivity index (χ0v) is 4.07. The standard InChI is InChI=1S/C5H10N/c1-6-4-5-2-3-5/h4-6H,2-3H2,1H3. The third-order valence-electron chi connectivity index (χ3n) is 1.02. The summed E-state index contributed by atoms with van der Waals surface area (Å²) in [5, 5.41) is 3.00. The van der Waals surface area contributed by atoms with E-state index in [1.54, 1.807) is 0 Å². The van der Waals surface area contributed by atoms with Crippen molar-refractivity contribution in [2.45, 2.75) is 12.8 Å². The Balaban J connectivity index is 1.88. The van der Waals surface area contributed by atoms with Gasteiger partial charge in [-0.25, -0.2) is 0 Å². The average molecular weight is 84.1 g/mol. The van der Waals surface area contributed by atoms with Gasteiger partial charge >= 0.3 is 0 Å². The molecule has 1 aliphatic rings. The highest BCUT2D eigenvalue weighted by atomic mass is 14.8. The van der Waals surface area contributed by atoms with E-state index in [9.17, 15) is 0 Å².